The van der Waals surface area contributed by atoms with Crippen LogP contribution in [0.15, 0.2) is 24.5 Å². The molecule has 2 N–H and O–H groups in total. The normalized spacial score (nSPS) is 15.0. The number of tetrazole rings is 1. The lowest BCUT2D eigenvalue weighted by Crippen LogP contribution is -2.33. The summed E-state index contributed by atoms with van der Waals surface area (Å²) in [5.74, 6) is -1.11. The van der Waals surface area contributed by atoms with Crippen LogP contribution in [0.2, 0.25) is 5.02 Å². The molecule has 0 saturated heterocycles. The SMILES string of the molecule is O=C(O)COc1ccc(NC(=O)C2(n3cnnn3)CC2)cc1Cl. The zero-order chi connectivity index (χ0) is 16.4. The van der Waals surface area contributed by atoms with E-state index in [-0.39, 0.29) is 16.7 Å². The van der Waals surface area contributed by atoms with Gasteiger partial charge in [-0.25, -0.2) is 9.48 Å². The minimum Gasteiger partial charge on any atom is -0.480 e. The van der Waals surface area contributed by atoms with Crippen molar-refractivity contribution in [3.8, 4) is 5.75 Å². The molecule has 1 aromatic heterocycles. The van der Waals surface area contributed by atoms with E-state index in [2.05, 4.69) is 20.8 Å². The van der Waals surface area contributed by atoms with Crippen LogP contribution in [0.4, 0.5) is 5.69 Å². The summed E-state index contributed by atoms with van der Waals surface area (Å²) in [6.07, 6.45) is 2.71. The van der Waals surface area contributed by atoms with Gasteiger partial charge in [-0.05, 0) is 41.5 Å². The number of aliphatic carboxylic acids is 1. The van der Waals surface area contributed by atoms with Gasteiger partial charge in [-0.3, -0.25) is 4.79 Å². The number of anilines is 1. The van der Waals surface area contributed by atoms with Crippen molar-refractivity contribution >= 4 is 29.2 Å². The Labute approximate surface area is 135 Å². The molecule has 0 radical (unpaired) electrons. The second kappa shape index (κ2) is 5.84. The van der Waals surface area contributed by atoms with Gasteiger partial charge < -0.3 is 15.2 Å². The first-order valence-electron chi connectivity index (χ1n) is 6.70. The van der Waals surface area contributed by atoms with Gasteiger partial charge in [0.1, 0.15) is 17.6 Å². The summed E-state index contributed by atoms with van der Waals surface area (Å²) in [5.41, 5.74) is -0.281. The van der Waals surface area contributed by atoms with Crippen molar-refractivity contribution in [1.82, 2.24) is 20.2 Å². The first-order valence-corrected chi connectivity index (χ1v) is 7.08. The minimum absolute atomic E-state index is 0.205. The van der Waals surface area contributed by atoms with Crippen molar-refractivity contribution in [3.05, 3.63) is 29.5 Å². The molecule has 1 saturated carbocycles. The third-order valence-electron chi connectivity index (χ3n) is 3.47. The lowest BCUT2D eigenvalue weighted by Gasteiger charge is -2.15. The van der Waals surface area contributed by atoms with E-state index in [1.807, 2.05) is 0 Å². The van der Waals surface area contributed by atoms with E-state index in [1.165, 1.54) is 23.1 Å². The number of nitrogens with one attached hydrogen (secondary N) is 1. The van der Waals surface area contributed by atoms with Crippen molar-refractivity contribution in [2.24, 2.45) is 0 Å². The summed E-state index contributed by atoms with van der Waals surface area (Å²) in [5, 5.41) is 22.4. The zero-order valence-corrected chi connectivity index (χ0v) is 12.5. The van der Waals surface area contributed by atoms with Crippen LogP contribution < -0.4 is 10.1 Å². The maximum Gasteiger partial charge on any atom is 0.341 e. The number of halogens is 1. The molecule has 10 heteroatoms. The summed E-state index contributed by atoms with van der Waals surface area (Å²) in [6, 6.07) is 4.57. The number of hydrogen-bond acceptors (Lipinski definition) is 6. The Morgan fingerprint density at radius 3 is 2.78 bits per heavy atom. The predicted octanol–water partition coefficient (Wildman–Crippen LogP) is 0.918. The summed E-state index contributed by atoms with van der Waals surface area (Å²) < 4.78 is 6.46. The molecule has 0 unspecified atom stereocenters. The Morgan fingerprint density at radius 1 is 1.43 bits per heavy atom. The third kappa shape index (κ3) is 3.09. The minimum atomic E-state index is -1.10. The standard InChI is InChI=1S/C13H12ClN5O4/c14-9-5-8(1-2-10(9)23-6-11(20)21)16-12(22)13(3-4-13)19-7-15-17-18-19/h1-2,5,7H,3-4,6H2,(H,16,22)(H,20,21). The molecule has 2 aromatic rings. The fourth-order valence-electron chi connectivity index (χ4n) is 2.12. The molecule has 3 rings (SSSR count). The smallest absolute Gasteiger partial charge is 0.341 e. The van der Waals surface area contributed by atoms with Gasteiger partial charge in [-0.1, -0.05) is 11.6 Å². The van der Waals surface area contributed by atoms with Crippen LogP contribution in [-0.4, -0.2) is 43.8 Å². The summed E-state index contributed by atoms with van der Waals surface area (Å²) in [7, 11) is 0. The molecule has 1 aliphatic rings. The number of aromatic nitrogens is 4. The Bertz CT molecular complexity index is 745. The fourth-order valence-corrected chi connectivity index (χ4v) is 2.35. The van der Waals surface area contributed by atoms with Crippen molar-refractivity contribution in [3.63, 3.8) is 0 Å². The highest BCUT2D eigenvalue weighted by atomic mass is 35.5. The second-order valence-electron chi connectivity index (χ2n) is 5.07. The summed E-state index contributed by atoms with van der Waals surface area (Å²) in [4.78, 5) is 22.9. The lowest BCUT2D eigenvalue weighted by atomic mass is 10.2. The van der Waals surface area contributed by atoms with Crippen molar-refractivity contribution in [2.45, 2.75) is 18.4 Å². The van der Waals surface area contributed by atoms with Gasteiger partial charge >= 0.3 is 5.97 Å². The van der Waals surface area contributed by atoms with Gasteiger partial charge in [0.2, 0.25) is 0 Å². The highest BCUT2D eigenvalue weighted by Crippen LogP contribution is 2.43. The van der Waals surface area contributed by atoms with Crippen LogP contribution in [0.5, 0.6) is 5.75 Å². The molecule has 9 nitrogen and oxygen atoms in total. The molecular weight excluding hydrogens is 326 g/mol. The average molecular weight is 338 g/mol. The molecule has 1 heterocycles. The number of carboxylic acids is 1. The van der Waals surface area contributed by atoms with E-state index in [4.69, 9.17) is 21.4 Å². The van der Waals surface area contributed by atoms with Gasteiger partial charge in [0.25, 0.3) is 5.91 Å². The van der Waals surface area contributed by atoms with E-state index < -0.39 is 18.1 Å². The number of amides is 1. The first-order chi connectivity index (χ1) is 11.0. The number of carboxylic acid groups (broad SMARTS) is 1. The predicted molar refractivity (Wildman–Crippen MR) is 78.2 cm³/mol. The maximum atomic E-state index is 12.4. The van der Waals surface area contributed by atoms with Crippen LogP contribution in [0.25, 0.3) is 0 Å². The lowest BCUT2D eigenvalue weighted by molar-refractivity contribution is -0.139. The Kier molecular flexibility index (Phi) is 3.87. The van der Waals surface area contributed by atoms with Crippen LogP contribution in [-0.2, 0) is 15.1 Å². The number of ether oxygens (including phenoxy) is 1. The number of rotatable bonds is 6. The van der Waals surface area contributed by atoms with Crippen LogP contribution in [0.1, 0.15) is 12.8 Å². The van der Waals surface area contributed by atoms with Crippen molar-refractivity contribution in [2.75, 3.05) is 11.9 Å². The van der Waals surface area contributed by atoms with Crippen LogP contribution in [0, 0.1) is 0 Å². The highest BCUT2D eigenvalue weighted by molar-refractivity contribution is 6.32. The molecule has 0 spiro atoms. The van der Waals surface area contributed by atoms with Crippen molar-refractivity contribution in [1.29, 1.82) is 0 Å². The Hall–Kier alpha value is -2.68. The fraction of sp³-hybridized carbons (Fsp3) is 0.308. The highest BCUT2D eigenvalue weighted by Gasteiger charge is 2.53. The van der Waals surface area contributed by atoms with E-state index in [1.54, 1.807) is 6.07 Å². The number of hydrogen-bond donors (Lipinski definition) is 2. The third-order valence-corrected chi connectivity index (χ3v) is 3.77. The molecule has 1 aliphatic carbocycles. The van der Waals surface area contributed by atoms with E-state index >= 15 is 0 Å². The van der Waals surface area contributed by atoms with Gasteiger partial charge in [-0.2, -0.15) is 0 Å². The second-order valence-corrected chi connectivity index (χ2v) is 5.47. The van der Waals surface area contributed by atoms with E-state index in [0.717, 1.165) is 0 Å². The number of nitrogens with zero attached hydrogens (tertiary/aromatic N) is 4. The molecule has 1 amide bonds. The molecule has 23 heavy (non-hydrogen) atoms. The van der Waals surface area contributed by atoms with Gasteiger partial charge in [0, 0.05) is 5.69 Å². The first kappa shape index (κ1) is 15.2. The number of benzene rings is 1. The molecule has 0 bridgehead atoms. The Morgan fingerprint density at radius 2 is 2.22 bits per heavy atom. The quantitative estimate of drug-likeness (QED) is 0.804. The van der Waals surface area contributed by atoms with Gasteiger partial charge in [0.05, 0.1) is 5.02 Å². The van der Waals surface area contributed by atoms with E-state index in [9.17, 15) is 9.59 Å². The number of carbonyl (C=O) groups is 2. The monoisotopic (exact) mass is 337 g/mol. The maximum absolute atomic E-state index is 12.4. The van der Waals surface area contributed by atoms with Gasteiger partial charge in [0.15, 0.2) is 6.61 Å². The topological polar surface area (TPSA) is 119 Å². The summed E-state index contributed by atoms with van der Waals surface area (Å²) in [6.45, 7) is -0.492. The van der Waals surface area contributed by atoms with Crippen LogP contribution in [0.3, 0.4) is 0 Å². The largest absolute Gasteiger partial charge is 0.480 e. The molecule has 1 aromatic carbocycles. The summed E-state index contributed by atoms with van der Waals surface area (Å²) >= 11 is 6.02. The van der Waals surface area contributed by atoms with E-state index in [0.29, 0.717) is 18.5 Å². The molecule has 0 aliphatic heterocycles. The molecule has 1 fully saturated rings. The zero-order valence-electron chi connectivity index (χ0n) is 11.8. The van der Waals surface area contributed by atoms with Crippen LogP contribution >= 0.6 is 11.6 Å². The average Bonchev–Trinajstić information content (AvgIpc) is 3.14. The van der Waals surface area contributed by atoms with Gasteiger partial charge in [-0.15, -0.1) is 5.10 Å². The number of carbonyl (C=O) groups excluding carboxylic acids is 1. The molecule has 0 atom stereocenters. The Balaban J connectivity index is 1.70. The van der Waals surface area contributed by atoms with Crippen molar-refractivity contribution < 1.29 is 19.4 Å². The molecular formula is C13H12ClN5O4. The molecule has 120 valence electrons.